The van der Waals surface area contributed by atoms with Crippen molar-refractivity contribution in [2.45, 2.75) is 52.2 Å². The molecule has 0 radical (unpaired) electrons. The van der Waals surface area contributed by atoms with Gasteiger partial charge in [0.25, 0.3) is 0 Å². The molecule has 0 spiro atoms. The van der Waals surface area contributed by atoms with Gasteiger partial charge in [-0.25, -0.2) is 27.6 Å². The number of aliphatic imine (C=N–C) groups is 1. The third kappa shape index (κ3) is 6.59. The first-order valence-electron chi connectivity index (χ1n) is 12.3. The Labute approximate surface area is 216 Å². The van der Waals surface area contributed by atoms with E-state index in [1.807, 2.05) is 38.4 Å². The first kappa shape index (κ1) is 26.5. The average Bonchev–Trinajstić information content (AvgIpc) is 3.18. The Hall–Kier alpha value is -2.59. The molecule has 0 saturated carbocycles. The minimum atomic E-state index is -3.11. The van der Waals surface area contributed by atoms with Gasteiger partial charge in [-0.15, -0.1) is 0 Å². The van der Waals surface area contributed by atoms with Crippen molar-refractivity contribution in [1.82, 2.24) is 9.97 Å². The number of rotatable bonds is 9. The molecule has 2 aromatic rings. The largest absolute Gasteiger partial charge is 0.487 e. The summed E-state index contributed by atoms with van der Waals surface area (Å²) in [5.41, 5.74) is 4.31. The normalized spacial score (nSPS) is 18.8. The number of aromatic nitrogens is 2. The number of ether oxygens (including phenoxy) is 1. The summed E-state index contributed by atoms with van der Waals surface area (Å²) in [6, 6.07) is 3.68. The fraction of sp³-hybridized carbons (Fsp3) is 0.500. The zero-order chi connectivity index (χ0) is 25.9. The second-order valence-corrected chi connectivity index (χ2v) is 13.1. The molecule has 2 aliphatic heterocycles. The van der Waals surface area contributed by atoms with Crippen LogP contribution in [0.1, 0.15) is 48.4 Å². The van der Waals surface area contributed by atoms with Crippen molar-refractivity contribution < 1.29 is 17.4 Å². The van der Waals surface area contributed by atoms with E-state index in [-0.39, 0.29) is 18.3 Å². The molecule has 1 atom stereocenters. The van der Waals surface area contributed by atoms with E-state index in [9.17, 15) is 12.6 Å². The lowest BCUT2D eigenvalue weighted by Gasteiger charge is -2.31. The third-order valence-electron chi connectivity index (χ3n) is 6.37. The molecule has 10 heteroatoms. The molecule has 0 amide bonds. The smallest absolute Gasteiger partial charge is 0.225 e. The summed E-state index contributed by atoms with van der Waals surface area (Å²) in [4.78, 5) is 15.9. The van der Waals surface area contributed by atoms with Gasteiger partial charge in [-0.1, -0.05) is 25.5 Å². The SMILES string of the molecule is CCCc1cnc(N2CCC(C3=NC(COc4c(C)cc(CS(C)(=O)=O)cc4C)=CS3=O)CC2)nc1. The first-order chi connectivity index (χ1) is 17.1. The number of aryl methyl sites for hydroxylation is 3. The molecule has 1 aromatic heterocycles. The Morgan fingerprint density at radius 2 is 1.72 bits per heavy atom. The lowest BCUT2D eigenvalue weighted by atomic mass is 9.98. The summed E-state index contributed by atoms with van der Waals surface area (Å²) in [5, 5.41) is 2.41. The van der Waals surface area contributed by atoms with E-state index < -0.39 is 20.6 Å². The molecular formula is C26H34N4O4S2. The number of hydrogen-bond donors (Lipinski definition) is 0. The number of anilines is 1. The van der Waals surface area contributed by atoms with Crippen LogP contribution in [-0.4, -0.2) is 53.6 Å². The number of piperidine rings is 1. The van der Waals surface area contributed by atoms with Gasteiger partial charge in [0.1, 0.15) is 17.4 Å². The minimum absolute atomic E-state index is 0.00184. The molecule has 1 aromatic carbocycles. The van der Waals surface area contributed by atoms with E-state index in [0.717, 1.165) is 72.0 Å². The number of benzene rings is 1. The van der Waals surface area contributed by atoms with Crippen molar-refractivity contribution in [3.05, 3.63) is 57.9 Å². The zero-order valence-corrected chi connectivity index (χ0v) is 23.0. The van der Waals surface area contributed by atoms with Crippen molar-refractivity contribution in [2.75, 3.05) is 30.9 Å². The first-order valence-corrected chi connectivity index (χ1v) is 15.6. The van der Waals surface area contributed by atoms with Gasteiger partial charge in [-0.05, 0) is 55.4 Å². The van der Waals surface area contributed by atoms with Crippen LogP contribution in [0.15, 0.2) is 40.6 Å². The van der Waals surface area contributed by atoms with E-state index in [1.165, 1.54) is 6.26 Å². The molecule has 2 aliphatic rings. The Morgan fingerprint density at radius 3 is 2.31 bits per heavy atom. The molecule has 8 nitrogen and oxygen atoms in total. The number of hydrogen-bond acceptors (Lipinski definition) is 8. The van der Waals surface area contributed by atoms with Crippen molar-refractivity contribution >= 4 is 31.6 Å². The monoisotopic (exact) mass is 530 g/mol. The molecule has 4 rings (SSSR count). The second kappa shape index (κ2) is 11.2. The quantitative estimate of drug-likeness (QED) is 0.485. The molecule has 1 saturated heterocycles. The maximum absolute atomic E-state index is 12.8. The van der Waals surface area contributed by atoms with Gasteiger partial charge in [0.15, 0.2) is 9.84 Å². The van der Waals surface area contributed by atoms with Gasteiger partial charge in [0, 0.05) is 43.1 Å². The second-order valence-electron chi connectivity index (χ2n) is 9.68. The van der Waals surface area contributed by atoms with Crippen molar-refractivity contribution in [3.63, 3.8) is 0 Å². The minimum Gasteiger partial charge on any atom is -0.487 e. The highest BCUT2D eigenvalue weighted by Crippen LogP contribution is 2.29. The molecule has 0 N–H and O–H groups in total. The molecule has 1 unspecified atom stereocenters. The average molecular weight is 531 g/mol. The van der Waals surface area contributed by atoms with E-state index in [1.54, 1.807) is 5.41 Å². The van der Waals surface area contributed by atoms with E-state index in [4.69, 9.17) is 4.74 Å². The molecule has 0 bridgehead atoms. The van der Waals surface area contributed by atoms with Crippen LogP contribution in [0.25, 0.3) is 0 Å². The summed E-state index contributed by atoms with van der Waals surface area (Å²) < 4.78 is 42.1. The van der Waals surface area contributed by atoms with E-state index in [2.05, 4.69) is 26.8 Å². The van der Waals surface area contributed by atoms with Gasteiger partial charge >= 0.3 is 0 Å². The topological polar surface area (TPSA) is 102 Å². The number of sulfone groups is 1. The van der Waals surface area contributed by atoms with Crippen LogP contribution in [0.4, 0.5) is 5.95 Å². The van der Waals surface area contributed by atoms with Crippen LogP contribution in [0.2, 0.25) is 0 Å². The summed E-state index contributed by atoms with van der Waals surface area (Å²) in [6.07, 6.45) is 8.82. The Bertz CT molecular complexity index is 1270. The Kier molecular flexibility index (Phi) is 8.24. The van der Waals surface area contributed by atoms with E-state index >= 15 is 0 Å². The lowest BCUT2D eigenvalue weighted by Crippen LogP contribution is -2.37. The maximum Gasteiger partial charge on any atom is 0.225 e. The van der Waals surface area contributed by atoms with Gasteiger partial charge in [-0.3, -0.25) is 0 Å². The molecule has 36 heavy (non-hydrogen) atoms. The van der Waals surface area contributed by atoms with Crippen molar-refractivity contribution in [2.24, 2.45) is 10.9 Å². The standard InChI is InChI=1S/C26H34N4O4S2/c1-5-6-20-13-27-26(28-14-20)30-9-7-22(8-10-30)25-29-23(16-35(25)31)15-34-24-18(2)11-21(12-19(24)3)17-36(4,32)33/h11-14,16,22H,5-10,15,17H2,1-4H3. The molecule has 194 valence electrons. The highest BCUT2D eigenvalue weighted by Gasteiger charge is 2.30. The fourth-order valence-electron chi connectivity index (χ4n) is 4.77. The Morgan fingerprint density at radius 1 is 1.08 bits per heavy atom. The predicted molar refractivity (Wildman–Crippen MR) is 145 cm³/mol. The van der Waals surface area contributed by atoms with Crippen LogP contribution in [0.5, 0.6) is 5.75 Å². The van der Waals surface area contributed by atoms with Crippen LogP contribution < -0.4 is 9.64 Å². The summed E-state index contributed by atoms with van der Waals surface area (Å²) in [6.45, 7) is 7.77. The van der Waals surface area contributed by atoms with Crippen LogP contribution in [0, 0.1) is 19.8 Å². The molecule has 3 heterocycles. The maximum atomic E-state index is 12.8. The van der Waals surface area contributed by atoms with Gasteiger partial charge < -0.3 is 9.64 Å². The highest BCUT2D eigenvalue weighted by molar-refractivity contribution is 8.03. The predicted octanol–water partition coefficient (Wildman–Crippen LogP) is 3.89. The summed E-state index contributed by atoms with van der Waals surface area (Å²) in [7, 11) is -4.35. The van der Waals surface area contributed by atoms with Crippen LogP contribution in [0.3, 0.4) is 0 Å². The summed E-state index contributed by atoms with van der Waals surface area (Å²) in [5.74, 6) is 1.63. The van der Waals surface area contributed by atoms with Gasteiger partial charge in [0.05, 0.1) is 22.2 Å². The van der Waals surface area contributed by atoms with Crippen molar-refractivity contribution in [1.29, 1.82) is 0 Å². The highest BCUT2D eigenvalue weighted by atomic mass is 32.2. The number of nitrogens with zero attached hydrogens (tertiary/aromatic N) is 4. The van der Waals surface area contributed by atoms with Crippen LogP contribution in [-0.2, 0) is 32.8 Å². The molecule has 1 fully saturated rings. The van der Waals surface area contributed by atoms with E-state index in [0.29, 0.717) is 11.4 Å². The van der Waals surface area contributed by atoms with Gasteiger partial charge in [-0.2, -0.15) is 0 Å². The lowest BCUT2D eigenvalue weighted by molar-refractivity contribution is 0.346. The van der Waals surface area contributed by atoms with Crippen molar-refractivity contribution in [3.8, 4) is 5.75 Å². The molecule has 0 aliphatic carbocycles. The third-order valence-corrected chi connectivity index (χ3v) is 8.55. The van der Waals surface area contributed by atoms with Crippen LogP contribution >= 0.6 is 0 Å². The fourth-order valence-corrected chi connectivity index (χ4v) is 6.81. The summed E-state index contributed by atoms with van der Waals surface area (Å²) >= 11 is 0. The Balaban J connectivity index is 1.34. The zero-order valence-electron chi connectivity index (χ0n) is 21.4. The van der Waals surface area contributed by atoms with Gasteiger partial charge in [0.2, 0.25) is 5.95 Å². The molecular weight excluding hydrogens is 496 g/mol.